The number of nitrogens with two attached hydrogens (primary N) is 1. The van der Waals surface area contributed by atoms with Gasteiger partial charge in [0.05, 0.1) is 18.7 Å². The molecule has 0 bridgehead atoms. The number of hydrogen-bond donors (Lipinski definition) is 1. The second kappa shape index (κ2) is 5.25. The second-order valence-corrected chi connectivity index (χ2v) is 5.58. The Hall–Kier alpha value is -0.770. The molecule has 17 heavy (non-hydrogen) atoms. The Labute approximate surface area is 104 Å². The van der Waals surface area contributed by atoms with Crippen molar-refractivity contribution in [1.82, 2.24) is 4.90 Å². The third-order valence-corrected chi connectivity index (χ3v) is 4.35. The van der Waals surface area contributed by atoms with Crippen LogP contribution in [0, 0.1) is 5.92 Å². The predicted octanol–water partition coefficient (Wildman–Crippen LogP) is 1.60. The van der Waals surface area contributed by atoms with Crippen molar-refractivity contribution in [3.05, 3.63) is 0 Å². The molecular weight excluding hydrogens is 214 g/mol. The summed E-state index contributed by atoms with van der Waals surface area (Å²) in [4.78, 5) is 6.78. The van der Waals surface area contributed by atoms with Gasteiger partial charge in [0, 0.05) is 13.7 Å². The topological polar surface area (TPSA) is 50.9 Å². The minimum Gasteiger partial charge on any atom is -0.383 e. The first-order valence-corrected chi connectivity index (χ1v) is 6.74. The van der Waals surface area contributed by atoms with Gasteiger partial charge in [-0.2, -0.15) is 0 Å². The summed E-state index contributed by atoms with van der Waals surface area (Å²) in [6, 6.07) is 0. The third kappa shape index (κ3) is 2.57. The standard InChI is InChI=1S/C13H25N3O/c1-11-4-3-6-13(7-5-11)10-15-12(14)16(13)8-9-17-2/h11H,3-10H2,1-2H3,(H2,14,15). The predicted molar refractivity (Wildman–Crippen MR) is 70.1 cm³/mol. The Morgan fingerprint density at radius 3 is 3.06 bits per heavy atom. The Bertz CT molecular complexity index is 292. The molecular formula is C13H25N3O. The molecule has 0 amide bonds. The van der Waals surface area contributed by atoms with Gasteiger partial charge < -0.3 is 15.4 Å². The average molecular weight is 239 g/mol. The van der Waals surface area contributed by atoms with Crippen LogP contribution in [0.25, 0.3) is 0 Å². The van der Waals surface area contributed by atoms with Gasteiger partial charge >= 0.3 is 0 Å². The summed E-state index contributed by atoms with van der Waals surface area (Å²) in [5, 5.41) is 0. The molecule has 4 heteroatoms. The molecule has 2 N–H and O–H groups in total. The molecule has 0 saturated heterocycles. The molecule has 2 aliphatic rings. The van der Waals surface area contributed by atoms with Gasteiger partial charge in [-0.3, -0.25) is 4.99 Å². The van der Waals surface area contributed by atoms with Gasteiger partial charge in [0.1, 0.15) is 0 Å². The minimum atomic E-state index is 0.202. The quantitative estimate of drug-likeness (QED) is 0.814. The molecule has 0 aromatic heterocycles. The summed E-state index contributed by atoms with van der Waals surface area (Å²) >= 11 is 0. The van der Waals surface area contributed by atoms with Crippen LogP contribution in [-0.4, -0.2) is 43.2 Å². The van der Waals surface area contributed by atoms with Gasteiger partial charge in [-0.1, -0.05) is 19.8 Å². The molecule has 0 aromatic carbocycles. The first kappa shape index (κ1) is 12.7. The summed E-state index contributed by atoms with van der Waals surface area (Å²) in [5.41, 5.74) is 6.23. The molecule has 1 aliphatic carbocycles. The van der Waals surface area contributed by atoms with Crippen molar-refractivity contribution in [1.29, 1.82) is 0 Å². The molecule has 98 valence electrons. The Kier molecular flexibility index (Phi) is 3.92. The van der Waals surface area contributed by atoms with E-state index in [4.69, 9.17) is 10.5 Å². The Balaban J connectivity index is 2.07. The van der Waals surface area contributed by atoms with E-state index in [1.807, 2.05) is 0 Å². The van der Waals surface area contributed by atoms with Gasteiger partial charge in [-0.05, 0) is 25.2 Å². The van der Waals surface area contributed by atoms with Gasteiger partial charge in [-0.25, -0.2) is 0 Å². The van der Waals surface area contributed by atoms with Gasteiger partial charge in [-0.15, -0.1) is 0 Å². The normalized spacial score (nSPS) is 33.9. The number of guanidine groups is 1. The highest BCUT2D eigenvalue weighted by atomic mass is 16.5. The number of nitrogens with zero attached hydrogens (tertiary/aromatic N) is 2. The van der Waals surface area contributed by atoms with Crippen LogP contribution in [0.3, 0.4) is 0 Å². The lowest BCUT2D eigenvalue weighted by atomic mass is 9.89. The van der Waals surface area contributed by atoms with Crippen molar-refractivity contribution in [2.75, 3.05) is 26.8 Å². The summed E-state index contributed by atoms with van der Waals surface area (Å²) in [6.07, 6.45) is 6.40. The largest absolute Gasteiger partial charge is 0.383 e. The number of rotatable bonds is 3. The van der Waals surface area contributed by atoms with Gasteiger partial charge in [0.2, 0.25) is 0 Å². The summed E-state index contributed by atoms with van der Waals surface area (Å²) in [5.74, 6) is 1.57. The fraction of sp³-hybridized carbons (Fsp3) is 0.923. The van der Waals surface area contributed by atoms with Crippen molar-refractivity contribution >= 4 is 5.96 Å². The maximum absolute atomic E-state index is 6.03. The zero-order chi connectivity index (χ0) is 12.3. The lowest BCUT2D eigenvalue weighted by Gasteiger charge is -2.38. The van der Waals surface area contributed by atoms with Crippen LogP contribution in [0.1, 0.15) is 39.0 Å². The third-order valence-electron chi connectivity index (χ3n) is 4.35. The summed E-state index contributed by atoms with van der Waals surface area (Å²) < 4.78 is 5.19. The first-order valence-electron chi connectivity index (χ1n) is 6.74. The van der Waals surface area contributed by atoms with E-state index in [1.54, 1.807) is 7.11 Å². The molecule has 1 fully saturated rings. The lowest BCUT2D eigenvalue weighted by Crippen LogP contribution is -2.52. The van der Waals surface area contributed by atoms with Crippen molar-refractivity contribution in [2.45, 2.75) is 44.6 Å². The zero-order valence-electron chi connectivity index (χ0n) is 11.1. The molecule has 2 unspecified atom stereocenters. The maximum atomic E-state index is 6.03. The van der Waals surface area contributed by atoms with E-state index in [2.05, 4.69) is 16.8 Å². The number of methoxy groups -OCH3 is 1. The molecule has 1 aliphatic heterocycles. The Morgan fingerprint density at radius 1 is 1.47 bits per heavy atom. The van der Waals surface area contributed by atoms with Crippen molar-refractivity contribution in [2.24, 2.45) is 16.6 Å². The van der Waals surface area contributed by atoms with Crippen LogP contribution < -0.4 is 5.73 Å². The fourth-order valence-electron chi connectivity index (χ4n) is 3.17. The lowest BCUT2D eigenvalue weighted by molar-refractivity contribution is 0.117. The monoisotopic (exact) mass is 239 g/mol. The van der Waals surface area contributed by atoms with Gasteiger partial charge in [0.15, 0.2) is 5.96 Å². The van der Waals surface area contributed by atoms with Crippen LogP contribution in [0.5, 0.6) is 0 Å². The molecule has 2 atom stereocenters. The smallest absolute Gasteiger partial charge is 0.191 e. The van der Waals surface area contributed by atoms with E-state index in [0.29, 0.717) is 0 Å². The van der Waals surface area contributed by atoms with E-state index in [-0.39, 0.29) is 5.54 Å². The van der Waals surface area contributed by atoms with Crippen LogP contribution in [-0.2, 0) is 4.74 Å². The number of hydrogen-bond acceptors (Lipinski definition) is 4. The van der Waals surface area contributed by atoms with Crippen molar-refractivity contribution < 1.29 is 4.74 Å². The maximum Gasteiger partial charge on any atom is 0.191 e. The fourth-order valence-corrected chi connectivity index (χ4v) is 3.17. The van der Waals surface area contributed by atoms with Crippen LogP contribution in [0.4, 0.5) is 0 Å². The molecule has 0 aromatic rings. The highest BCUT2D eigenvalue weighted by Crippen LogP contribution is 2.37. The zero-order valence-corrected chi connectivity index (χ0v) is 11.1. The SMILES string of the molecule is COCCN1C(N)=NCC12CCCC(C)CC2. The van der Waals surface area contributed by atoms with Crippen LogP contribution in [0.2, 0.25) is 0 Å². The highest BCUT2D eigenvalue weighted by Gasteiger charge is 2.42. The summed E-state index contributed by atoms with van der Waals surface area (Å²) in [7, 11) is 1.74. The van der Waals surface area contributed by atoms with Crippen molar-refractivity contribution in [3.8, 4) is 0 Å². The first-order chi connectivity index (χ1) is 8.18. The molecule has 1 heterocycles. The van der Waals surface area contributed by atoms with Crippen LogP contribution in [0.15, 0.2) is 4.99 Å². The molecule has 4 nitrogen and oxygen atoms in total. The van der Waals surface area contributed by atoms with E-state index < -0.39 is 0 Å². The molecule has 1 spiro atoms. The molecule has 0 radical (unpaired) electrons. The minimum absolute atomic E-state index is 0.202. The van der Waals surface area contributed by atoms with Crippen LogP contribution >= 0.6 is 0 Å². The number of ether oxygens (including phenoxy) is 1. The second-order valence-electron chi connectivity index (χ2n) is 5.58. The molecule has 1 saturated carbocycles. The summed E-state index contributed by atoms with van der Waals surface area (Å²) in [6.45, 7) is 4.85. The van der Waals surface area contributed by atoms with Gasteiger partial charge in [0.25, 0.3) is 0 Å². The highest BCUT2D eigenvalue weighted by molar-refractivity contribution is 5.81. The van der Waals surface area contributed by atoms with Crippen molar-refractivity contribution in [3.63, 3.8) is 0 Å². The van der Waals surface area contributed by atoms with E-state index in [1.165, 1.54) is 32.1 Å². The van der Waals surface area contributed by atoms with E-state index >= 15 is 0 Å². The average Bonchev–Trinajstić information content (AvgIpc) is 2.49. The van der Waals surface area contributed by atoms with E-state index in [9.17, 15) is 0 Å². The number of aliphatic imine (C=N–C) groups is 1. The Morgan fingerprint density at radius 2 is 2.29 bits per heavy atom. The van der Waals surface area contributed by atoms with E-state index in [0.717, 1.165) is 31.6 Å². The molecule has 2 rings (SSSR count).